The van der Waals surface area contributed by atoms with Crippen molar-refractivity contribution in [3.63, 3.8) is 0 Å². The van der Waals surface area contributed by atoms with E-state index < -0.39 is 0 Å². The zero-order valence-electron chi connectivity index (χ0n) is 11.8. The third-order valence-electron chi connectivity index (χ3n) is 4.37. The minimum Gasteiger partial charge on any atom is -0.494 e. The number of ether oxygens (including phenoxy) is 1. The second-order valence-electron chi connectivity index (χ2n) is 5.78. The Hall–Kier alpha value is -1.02. The van der Waals surface area contributed by atoms with Crippen LogP contribution in [0.4, 0.5) is 0 Å². The van der Waals surface area contributed by atoms with Crippen LogP contribution in [0.25, 0.3) is 0 Å². The molecular formula is C16H25NO. The van der Waals surface area contributed by atoms with E-state index in [4.69, 9.17) is 10.5 Å². The molecule has 3 atom stereocenters. The Kier molecular flexibility index (Phi) is 3.96. The summed E-state index contributed by atoms with van der Waals surface area (Å²) in [4.78, 5) is 0. The van der Waals surface area contributed by atoms with Crippen molar-refractivity contribution in [2.45, 2.75) is 45.6 Å². The van der Waals surface area contributed by atoms with Crippen molar-refractivity contribution in [3.05, 3.63) is 29.8 Å². The molecule has 1 aliphatic rings. The van der Waals surface area contributed by atoms with Crippen LogP contribution in [0.2, 0.25) is 0 Å². The topological polar surface area (TPSA) is 35.2 Å². The number of hydrogen-bond acceptors (Lipinski definition) is 2. The Morgan fingerprint density at radius 2 is 2.17 bits per heavy atom. The highest BCUT2D eigenvalue weighted by Gasteiger charge is 2.38. The first-order valence-corrected chi connectivity index (χ1v) is 7.08. The van der Waals surface area contributed by atoms with E-state index in [1.165, 1.54) is 18.4 Å². The van der Waals surface area contributed by atoms with E-state index in [-0.39, 0.29) is 5.54 Å². The molecular weight excluding hydrogens is 222 g/mol. The molecule has 1 saturated carbocycles. The van der Waals surface area contributed by atoms with Gasteiger partial charge in [-0.25, -0.2) is 0 Å². The summed E-state index contributed by atoms with van der Waals surface area (Å²) >= 11 is 0. The van der Waals surface area contributed by atoms with Gasteiger partial charge in [0.05, 0.1) is 6.61 Å². The molecule has 2 rings (SSSR count). The van der Waals surface area contributed by atoms with Gasteiger partial charge in [-0.15, -0.1) is 0 Å². The highest BCUT2D eigenvalue weighted by atomic mass is 16.5. The maximum atomic E-state index is 6.70. The largest absolute Gasteiger partial charge is 0.494 e. The van der Waals surface area contributed by atoms with E-state index in [1.54, 1.807) is 0 Å². The van der Waals surface area contributed by atoms with E-state index in [1.807, 2.05) is 13.0 Å². The van der Waals surface area contributed by atoms with E-state index in [0.29, 0.717) is 12.5 Å². The predicted molar refractivity (Wildman–Crippen MR) is 75.7 cm³/mol. The Morgan fingerprint density at radius 3 is 2.83 bits per heavy atom. The molecule has 0 saturated heterocycles. The van der Waals surface area contributed by atoms with Crippen LogP contribution in [0.3, 0.4) is 0 Å². The zero-order valence-corrected chi connectivity index (χ0v) is 11.8. The fourth-order valence-corrected chi connectivity index (χ4v) is 3.13. The number of nitrogens with two attached hydrogens (primary N) is 1. The third-order valence-corrected chi connectivity index (χ3v) is 4.37. The van der Waals surface area contributed by atoms with E-state index in [2.05, 4.69) is 32.0 Å². The third kappa shape index (κ3) is 2.54. The minimum absolute atomic E-state index is 0.181. The number of hydrogen-bond donors (Lipinski definition) is 1. The van der Waals surface area contributed by atoms with Crippen molar-refractivity contribution in [3.8, 4) is 5.75 Å². The average Bonchev–Trinajstić information content (AvgIpc) is 2.35. The number of rotatable bonds is 3. The Morgan fingerprint density at radius 1 is 1.39 bits per heavy atom. The van der Waals surface area contributed by atoms with Crippen LogP contribution < -0.4 is 10.5 Å². The molecule has 0 amide bonds. The molecule has 2 nitrogen and oxygen atoms in total. The molecule has 0 aromatic heterocycles. The van der Waals surface area contributed by atoms with Crippen LogP contribution in [0.5, 0.6) is 5.75 Å². The van der Waals surface area contributed by atoms with Crippen LogP contribution >= 0.6 is 0 Å². The van der Waals surface area contributed by atoms with Gasteiger partial charge in [-0.3, -0.25) is 0 Å². The summed E-state index contributed by atoms with van der Waals surface area (Å²) in [5, 5.41) is 0. The van der Waals surface area contributed by atoms with Gasteiger partial charge in [0.1, 0.15) is 5.75 Å². The lowest BCUT2D eigenvalue weighted by Crippen LogP contribution is -2.46. The standard InChI is InChI=1S/C16H25NO/c1-4-18-15-7-5-6-14(11-15)16(17)9-8-12(2)10-13(16)3/h5-7,11-13H,4,8-10,17H2,1-3H3. The molecule has 1 aromatic rings. The second kappa shape index (κ2) is 5.31. The highest BCUT2D eigenvalue weighted by Crippen LogP contribution is 2.42. The summed E-state index contributed by atoms with van der Waals surface area (Å²) in [6.07, 6.45) is 3.51. The molecule has 1 aromatic carbocycles. The smallest absolute Gasteiger partial charge is 0.119 e. The summed E-state index contributed by atoms with van der Waals surface area (Å²) in [5.74, 6) is 2.26. The monoisotopic (exact) mass is 247 g/mol. The van der Waals surface area contributed by atoms with Crippen molar-refractivity contribution in [1.29, 1.82) is 0 Å². The lowest BCUT2D eigenvalue weighted by molar-refractivity contribution is 0.164. The molecule has 1 aliphatic carbocycles. The minimum atomic E-state index is -0.181. The van der Waals surface area contributed by atoms with Crippen LogP contribution in [0, 0.1) is 11.8 Å². The maximum absolute atomic E-state index is 6.70. The van der Waals surface area contributed by atoms with Crippen LogP contribution in [-0.2, 0) is 5.54 Å². The maximum Gasteiger partial charge on any atom is 0.119 e. The molecule has 0 radical (unpaired) electrons. The normalized spacial score (nSPS) is 32.2. The summed E-state index contributed by atoms with van der Waals surface area (Å²) in [6, 6.07) is 8.33. The van der Waals surface area contributed by atoms with Crippen LogP contribution in [-0.4, -0.2) is 6.61 Å². The Balaban J connectivity index is 2.26. The fourth-order valence-electron chi connectivity index (χ4n) is 3.13. The quantitative estimate of drug-likeness (QED) is 0.884. The van der Waals surface area contributed by atoms with Crippen molar-refractivity contribution in [2.75, 3.05) is 6.61 Å². The van der Waals surface area contributed by atoms with Crippen molar-refractivity contribution in [1.82, 2.24) is 0 Å². The lowest BCUT2D eigenvalue weighted by Gasteiger charge is -2.42. The Bertz CT molecular complexity index is 404. The van der Waals surface area contributed by atoms with Crippen LogP contribution in [0.15, 0.2) is 24.3 Å². The van der Waals surface area contributed by atoms with Gasteiger partial charge in [-0.1, -0.05) is 26.0 Å². The van der Waals surface area contributed by atoms with Gasteiger partial charge in [0, 0.05) is 5.54 Å². The molecule has 0 bridgehead atoms. The van der Waals surface area contributed by atoms with Crippen LogP contribution in [0.1, 0.15) is 45.6 Å². The van der Waals surface area contributed by atoms with Gasteiger partial charge in [-0.05, 0) is 55.7 Å². The Labute approximate surface area is 111 Å². The molecule has 3 unspecified atom stereocenters. The number of benzene rings is 1. The van der Waals surface area contributed by atoms with Gasteiger partial charge in [0.25, 0.3) is 0 Å². The van der Waals surface area contributed by atoms with Crippen molar-refractivity contribution in [2.24, 2.45) is 17.6 Å². The first kappa shape index (κ1) is 13.4. The summed E-state index contributed by atoms with van der Waals surface area (Å²) in [6.45, 7) is 7.32. The van der Waals surface area contributed by atoms with E-state index in [0.717, 1.165) is 18.1 Å². The summed E-state index contributed by atoms with van der Waals surface area (Å²) in [7, 11) is 0. The van der Waals surface area contributed by atoms with Crippen molar-refractivity contribution < 1.29 is 4.74 Å². The van der Waals surface area contributed by atoms with Crippen molar-refractivity contribution >= 4 is 0 Å². The second-order valence-corrected chi connectivity index (χ2v) is 5.78. The fraction of sp³-hybridized carbons (Fsp3) is 0.625. The molecule has 0 spiro atoms. The molecule has 2 N–H and O–H groups in total. The molecule has 0 heterocycles. The molecule has 0 aliphatic heterocycles. The van der Waals surface area contributed by atoms with E-state index in [9.17, 15) is 0 Å². The predicted octanol–water partition coefficient (Wildman–Crippen LogP) is 3.70. The molecule has 100 valence electrons. The first-order chi connectivity index (χ1) is 8.56. The van der Waals surface area contributed by atoms with Gasteiger partial charge in [-0.2, -0.15) is 0 Å². The summed E-state index contributed by atoms with van der Waals surface area (Å²) in [5.41, 5.74) is 7.74. The van der Waals surface area contributed by atoms with Gasteiger partial charge in [0.2, 0.25) is 0 Å². The lowest BCUT2D eigenvalue weighted by atomic mass is 9.67. The van der Waals surface area contributed by atoms with Gasteiger partial charge >= 0.3 is 0 Å². The zero-order chi connectivity index (χ0) is 13.2. The molecule has 1 fully saturated rings. The highest BCUT2D eigenvalue weighted by molar-refractivity contribution is 5.34. The average molecular weight is 247 g/mol. The van der Waals surface area contributed by atoms with E-state index >= 15 is 0 Å². The molecule has 2 heteroatoms. The molecule has 18 heavy (non-hydrogen) atoms. The SMILES string of the molecule is CCOc1cccc(C2(N)CCC(C)CC2C)c1. The summed E-state index contributed by atoms with van der Waals surface area (Å²) < 4.78 is 5.58. The first-order valence-electron chi connectivity index (χ1n) is 7.08. The van der Waals surface area contributed by atoms with Gasteiger partial charge < -0.3 is 10.5 Å². The van der Waals surface area contributed by atoms with Gasteiger partial charge in [0.15, 0.2) is 0 Å².